The molecular weight excluding hydrogens is 548 g/mol. The van der Waals surface area contributed by atoms with Crippen LogP contribution >= 0.6 is 0 Å². The lowest BCUT2D eigenvalue weighted by atomic mass is 10.3. The van der Waals surface area contributed by atoms with Crippen molar-refractivity contribution in [3.63, 3.8) is 0 Å². The molecule has 7 aromatic heterocycles. The van der Waals surface area contributed by atoms with Crippen molar-refractivity contribution in [2.75, 3.05) is 0 Å². The molecule has 0 aliphatic carbocycles. The minimum atomic E-state index is 0.407. The van der Waals surface area contributed by atoms with E-state index in [2.05, 4.69) is 9.97 Å². The molecule has 0 atom stereocenters. The van der Waals surface area contributed by atoms with Gasteiger partial charge in [-0.2, -0.15) is 0 Å². The highest BCUT2D eigenvalue weighted by molar-refractivity contribution is 5.76. The lowest BCUT2D eigenvalue weighted by Crippen LogP contribution is -1.71. The zero-order valence-electron chi connectivity index (χ0n) is 22.1. The van der Waals surface area contributed by atoms with E-state index in [1.54, 1.807) is 12.1 Å². The lowest BCUT2D eigenvalue weighted by Gasteiger charge is -1.94. The number of benzene rings is 2. The van der Waals surface area contributed by atoms with Gasteiger partial charge < -0.3 is 30.9 Å². The van der Waals surface area contributed by atoms with Crippen LogP contribution in [0.2, 0.25) is 0 Å². The standard InChI is InChI=1S/C34H18N2O7/c1-3-7-21-19(5-1)35-33(42-21)31-17-15-29(40-31)27-13-11-25(38-27)23-9-10-24(37-23)26-12-14-28(39-26)30-16-18-32(41-30)34-36-20-6-2-4-8-22(20)43-34/h1-18H. The summed E-state index contributed by atoms with van der Waals surface area (Å²) in [4.78, 5) is 8.98. The normalized spacial score (nSPS) is 11.7. The Labute approximate surface area is 241 Å². The molecule has 9 heteroatoms. The van der Waals surface area contributed by atoms with E-state index in [1.165, 1.54) is 0 Å². The Morgan fingerprint density at radius 3 is 0.884 bits per heavy atom. The van der Waals surface area contributed by atoms with Gasteiger partial charge in [0, 0.05) is 0 Å². The molecule has 2 aromatic carbocycles. The van der Waals surface area contributed by atoms with Crippen LogP contribution < -0.4 is 0 Å². The summed E-state index contributed by atoms with van der Waals surface area (Å²) in [5.74, 6) is 6.18. The molecular formula is C34H18N2O7. The number of para-hydroxylation sites is 4. The highest BCUT2D eigenvalue weighted by atomic mass is 16.4. The number of furan rings is 5. The van der Waals surface area contributed by atoms with E-state index in [0.29, 0.717) is 80.5 Å². The van der Waals surface area contributed by atoms with Crippen LogP contribution in [-0.2, 0) is 0 Å². The molecule has 7 heterocycles. The fraction of sp³-hybridized carbons (Fsp3) is 0. The molecule has 9 rings (SSSR count). The summed E-state index contributed by atoms with van der Waals surface area (Å²) < 4.78 is 41.8. The van der Waals surface area contributed by atoms with Gasteiger partial charge in [-0.15, -0.1) is 0 Å². The van der Waals surface area contributed by atoms with Crippen molar-refractivity contribution in [1.29, 1.82) is 0 Å². The van der Waals surface area contributed by atoms with Gasteiger partial charge in [0.25, 0.3) is 11.8 Å². The van der Waals surface area contributed by atoms with E-state index >= 15 is 0 Å². The molecule has 0 unspecified atom stereocenters. The zero-order valence-corrected chi connectivity index (χ0v) is 22.1. The van der Waals surface area contributed by atoms with Crippen LogP contribution in [0.25, 0.3) is 91.6 Å². The Morgan fingerprint density at radius 1 is 0.279 bits per heavy atom. The summed E-state index contributed by atoms with van der Waals surface area (Å²) in [6, 6.07) is 33.3. The fourth-order valence-electron chi connectivity index (χ4n) is 4.93. The number of aromatic nitrogens is 2. The molecule has 9 aromatic rings. The van der Waals surface area contributed by atoms with Crippen molar-refractivity contribution >= 4 is 22.2 Å². The first kappa shape index (κ1) is 23.5. The number of rotatable bonds is 6. The van der Waals surface area contributed by atoms with E-state index in [9.17, 15) is 0 Å². The first-order valence-electron chi connectivity index (χ1n) is 13.5. The fourth-order valence-corrected chi connectivity index (χ4v) is 4.93. The van der Waals surface area contributed by atoms with Gasteiger partial charge in [0.1, 0.15) is 11.0 Å². The summed E-state index contributed by atoms with van der Waals surface area (Å²) in [6.45, 7) is 0. The van der Waals surface area contributed by atoms with Crippen molar-refractivity contribution in [2.24, 2.45) is 0 Å². The number of fused-ring (bicyclic) bond motifs is 2. The van der Waals surface area contributed by atoms with Crippen LogP contribution in [0.1, 0.15) is 0 Å². The number of oxazole rings is 2. The summed E-state index contributed by atoms with van der Waals surface area (Å²) in [7, 11) is 0. The smallest absolute Gasteiger partial charge is 0.263 e. The maximum atomic E-state index is 6.07. The molecule has 0 N–H and O–H groups in total. The monoisotopic (exact) mass is 566 g/mol. The van der Waals surface area contributed by atoms with E-state index in [1.807, 2.05) is 97.1 Å². The second-order valence-corrected chi connectivity index (χ2v) is 9.79. The largest absolute Gasteiger partial charge is 0.450 e. The van der Waals surface area contributed by atoms with Crippen molar-refractivity contribution in [3.05, 3.63) is 109 Å². The average molecular weight is 567 g/mol. The first-order chi connectivity index (χ1) is 21.2. The average Bonchev–Trinajstić information content (AvgIpc) is 3.88. The van der Waals surface area contributed by atoms with Gasteiger partial charge in [-0.25, -0.2) is 9.97 Å². The van der Waals surface area contributed by atoms with E-state index in [-0.39, 0.29) is 0 Å². The predicted molar refractivity (Wildman–Crippen MR) is 156 cm³/mol. The molecule has 0 amide bonds. The van der Waals surface area contributed by atoms with Crippen molar-refractivity contribution in [3.8, 4) is 69.4 Å². The first-order valence-corrected chi connectivity index (χ1v) is 13.5. The molecule has 0 aliphatic heterocycles. The second-order valence-electron chi connectivity index (χ2n) is 9.79. The highest BCUT2D eigenvalue weighted by Crippen LogP contribution is 2.37. The molecule has 0 bridgehead atoms. The van der Waals surface area contributed by atoms with Gasteiger partial charge in [-0.05, 0) is 84.9 Å². The molecule has 0 saturated heterocycles. The van der Waals surface area contributed by atoms with Crippen LogP contribution in [0.15, 0.2) is 140 Å². The quantitative estimate of drug-likeness (QED) is 0.194. The lowest BCUT2D eigenvalue weighted by molar-refractivity contribution is 0.493. The maximum absolute atomic E-state index is 6.07. The minimum absolute atomic E-state index is 0.407. The molecule has 0 radical (unpaired) electrons. The van der Waals surface area contributed by atoms with Crippen molar-refractivity contribution in [1.82, 2.24) is 9.97 Å². The molecule has 0 saturated carbocycles. The number of nitrogens with zero attached hydrogens (tertiary/aromatic N) is 2. The van der Waals surface area contributed by atoms with Gasteiger partial charge >= 0.3 is 0 Å². The molecule has 0 aliphatic rings. The van der Waals surface area contributed by atoms with Crippen LogP contribution in [0.5, 0.6) is 0 Å². The molecule has 0 fully saturated rings. The Balaban J connectivity index is 0.939. The molecule has 43 heavy (non-hydrogen) atoms. The maximum Gasteiger partial charge on any atom is 0.263 e. The third-order valence-corrected chi connectivity index (χ3v) is 7.01. The topological polar surface area (TPSA) is 118 Å². The van der Waals surface area contributed by atoms with Crippen molar-refractivity contribution in [2.45, 2.75) is 0 Å². The van der Waals surface area contributed by atoms with Gasteiger partial charge in [0.2, 0.25) is 0 Å². The van der Waals surface area contributed by atoms with E-state index in [4.69, 9.17) is 30.9 Å². The predicted octanol–water partition coefficient (Wildman–Crippen LogP) is 9.94. The van der Waals surface area contributed by atoms with Crippen LogP contribution in [0.4, 0.5) is 0 Å². The molecule has 0 spiro atoms. The summed E-state index contributed by atoms with van der Waals surface area (Å²) in [6.07, 6.45) is 0. The molecule has 206 valence electrons. The van der Waals surface area contributed by atoms with Gasteiger partial charge in [-0.3, -0.25) is 0 Å². The number of hydrogen-bond acceptors (Lipinski definition) is 9. The van der Waals surface area contributed by atoms with Gasteiger partial charge in [0.15, 0.2) is 68.8 Å². The Morgan fingerprint density at radius 2 is 0.558 bits per heavy atom. The third kappa shape index (κ3) is 4.02. The van der Waals surface area contributed by atoms with E-state index < -0.39 is 0 Å². The zero-order chi connectivity index (χ0) is 28.3. The van der Waals surface area contributed by atoms with Gasteiger partial charge in [-0.1, -0.05) is 24.3 Å². The van der Waals surface area contributed by atoms with Gasteiger partial charge in [0.05, 0.1) is 0 Å². The van der Waals surface area contributed by atoms with Crippen molar-refractivity contribution < 1.29 is 30.9 Å². The Hall–Kier alpha value is -6.22. The Bertz CT molecular complexity index is 2150. The minimum Gasteiger partial charge on any atom is -0.450 e. The molecule has 9 nitrogen and oxygen atoms in total. The summed E-state index contributed by atoms with van der Waals surface area (Å²) >= 11 is 0. The second kappa shape index (κ2) is 9.15. The summed E-state index contributed by atoms with van der Waals surface area (Å²) in [5, 5.41) is 0. The van der Waals surface area contributed by atoms with Crippen LogP contribution in [0, 0.1) is 0 Å². The SMILES string of the molecule is c1ccc2oc(-c3ccc(-c4ccc(-c5ccc(-c6ccc(-c7ccc(-c8nc9ccccc9o8)o7)o6)o5)o4)o3)nc2c1. The van der Waals surface area contributed by atoms with Crippen LogP contribution in [-0.4, -0.2) is 9.97 Å². The van der Waals surface area contributed by atoms with Crippen LogP contribution in [0.3, 0.4) is 0 Å². The summed E-state index contributed by atoms with van der Waals surface area (Å²) in [5.41, 5.74) is 2.92. The number of hydrogen-bond donors (Lipinski definition) is 0. The highest BCUT2D eigenvalue weighted by Gasteiger charge is 2.19. The third-order valence-electron chi connectivity index (χ3n) is 7.01. The van der Waals surface area contributed by atoms with E-state index in [0.717, 1.165) is 11.0 Å². The Kier molecular flexibility index (Phi) is 5.00.